The zero-order chi connectivity index (χ0) is 13.5. The molecule has 6 heteroatoms. The first-order valence-corrected chi connectivity index (χ1v) is 6.21. The third-order valence-electron chi connectivity index (χ3n) is 2.77. The molecule has 0 radical (unpaired) electrons. The number of hydrogen-bond donors (Lipinski definition) is 2. The summed E-state index contributed by atoms with van der Waals surface area (Å²) < 4.78 is 1.74. The van der Waals surface area contributed by atoms with Crippen LogP contribution in [0.5, 0.6) is 0 Å². The first-order chi connectivity index (χ1) is 9.29. The van der Waals surface area contributed by atoms with Crippen LogP contribution in [0.1, 0.15) is 22.3 Å². The number of carbonyl (C=O) groups excluding carboxylic acids is 1. The second-order valence-corrected chi connectivity index (χ2v) is 4.18. The zero-order valence-corrected chi connectivity index (χ0v) is 10.6. The van der Waals surface area contributed by atoms with Crippen LogP contribution in [-0.2, 0) is 13.1 Å². The minimum Gasteiger partial charge on any atom is -0.352 e. The molecule has 0 saturated heterocycles. The van der Waals surface area contributed by atoms with E-state index in [4.69, 9.17) is 5.73 Å². The molecule has 0 fully saturated rings. The maximum atomic E-state index is 11.8. The number of benzene rings is 1. The van der Waals surface area contributed by atoms with Crippen molar-refractivity contribution in [3.63, 3.8) is 0 Å². The number of nitrogens with zero attached hydrogens (tertiary/aromatic N) is 3. The van der Waals surface area contributed by atoms with Crippen LogP contribution in [-0.4, -0.2) is 27.4 Å². The molecule has 2 rings (SSSR count). The van der Waals surface area contributed by atoms with E-state index in [1.807, 2.05) is 12.1 Å². The van der Waals surface area contributed by atoms with Gasteiger partial charge in [-0.3, -0.25) is 9.48 Å². The van der Waals surface area contributed by atoms with Crippen LogP contribution in [0.3, 0.4) is 0 Å². The van der Waals surface area contributed by atoms with Crippen LogP contribution < -0.4 is 11.1 Å². The lowest BCUT2D eigenvalue weighted by Gasteiger charge is -2.05. The van der Waals surface area contributed by atoms with Gasteiger partial charge in [0.1, 0.15) is 0 Å². The van der Waals surface area contributed by atoms with E-state index >= 15 is 0 Å². The number of nitrogens with two attached hydrogens (primary N) is 1. The molecule has 0 spiro atoms. The number of nitrogens with one attached hydrogen (secondary N) is 1. The lowest BCUT2D eigenvalue weighted by atomic mass is 10.1. The lowest BCUT2D eigenvalue weighted by molar-refractivity contribution is 0.0952. The molecule has 3 N–H and O–H groups in total. The molecular weight excluding hydrogens is 242 g/mol. The van der Waals surface area contributed by atoms with Crippen molar-refractivity contribution in [3.8, 4) is 0 Å². The maximum absolute atomic E-state index is 11.8. The summed E-state index contributed by atoms with van der Waals surface area (Å²) in [5.74, 6) is -0.0674. The van der Waals surface area contributed by atoms with Gasteiger partial charge in [-0.25, -0.2) is 0 Å². The summed E-state index contributed by atoms with van der Waals surface area (Å²) >= 11 is 0. The molecule has 0 aliphatic carbocycles. The van der Waals surface area contributed by atoms with Crippen molar-refractivity contribution < 1.29 is 4.79 Å². The van der Waals surface area contributed by atoms with E-state index in [9.17, 15) is 4.79 Å². The summed E-state index contributed by atoms with van der Waals surface area (Å²) in [6.07, 6.45) is 4.25. The second-order valence-electron chi connectivity index (χ2n) is 4.18. The summed E-state index contributed by atoms with van der Waals surface area (Å²) in [5.41, 5.74) is 7.17. The number of hydrogen-bond acceptors (Lipinski definition) is 4. The molecule has 2 aromatic rings. The van der Waals surface area contributed by atoms with E-state index in [1.165, 1.54) is 0 Å². The van der Waals surface area contributed by atoms with Crippen molar-refractivity contribution in [3.05, 3.63) is 47.8 Å². The highest BCUT2D eigenvalue weighted by molar-refractivity contribution is 5.94. The Balaban J connectivity index is 1.74. The molecule has 0 bridgehead atoms. The number of aromatic nitrogens is 3. The molecular formula is C13H17N5O. The Labute approximate surface area is 111 Å². The number of rotatable bonds is 6. The summed E-state index contributed by atoms with van der Waals surface area (Å²) in [7, 11) is 0. The highest BCUT2D eigenvalue weighted by Gasteiger charge is 2.04. The van der Waals surface area contributed by atoms with Crippen LogP contribution in [0.15, 0.2) is 36.7 Å². The summed E-state index contributed by atoms with van der Waals surface area (Å²) in [6.45, 7) is 1.84. The molecule has 6 nitrogen and oxygen atoms in total. The van der Waals surface area contributed by atoms with E-state index < -0.39 is 0 Å². The van der Waals surface area contributed by atoms with Gasteiger partial charge in [-0.05, 0) is 24.1 Å². The van der Waals surface area contributed by atoms with Crippen molar-refractivity contribution >= 4 is 5.91 Å². The standard InChI is InChI=1S/C13H17N5O/c14-10-11-2-4-12(5-3-11)13(19)15-6-1-8-18-9-7-16-17-18/h2-5,7,9H,1,6,8,10,14H2,(H,15,19). The number of carbonyl (C=O) groups is 1. The largest absolute Gasteiger partial charge is 0.352 e. The van der Waals surface area contributed by atoms with Gasteiger partial charge >= 0.3 is 0 Å². The summed E-state index contributed by atoms with van der Waals surface area (Å²) in [6, 6.07) is 7.30. The highest BCUT2D eigenvalue weighted by Crippen LogP contribution is 2.03. The van der Waals surface area contributed by atoms with Crippen molar-refractivity contribution in [2.24, 2.45) is 5.73 Å². The Morgan fingerprint density at radius 2 is 2.11 bits per heavy atom. The third kappa shape index (κ3) is 3.89. The van der Waals surface area contributed by atoms with Gasteiger partial charge in [-0.15, -0.1) is 5.10 Å². The monoisotopic (exact) mass is 259 g/mol. The average molecular weight is 259 g/mol. The smallest absolute Gasteiger partial charge is 0.251 e. The molecule has 0 saturated carbocycles. The molecule has 100 valence electrons. The van der Waals surface area contributed by atoms with Crippen LogP contribution in [0.25, 0.3) is 0 Å². The van der Waals surface area contributed by atoms with Crippen LogP contribution in [0.4, 0.5) is 0 Å². The maximum Gasteiger partial charge on any atom is 0.251 e. The van der Waals surface area contributed by atoms with E-state index in [1.54, 1.807) is 29.2 Å². The molecule has 0 unspecified atom stereocenters. The van der Waals surface area contributed by atoms with Gasteiger partial charge in [-0.2, -0.15) is 0 Å². The summed E-state index contributed by atoms with van der Waals surface area (Å²) in [4.78, 5) is 11.8. The second kappa shape index (κ2) is 6.65. The molecule has 1 aromatic carbocycles. The van der Waals surface area contributed by atoms with Gasteiger partial charge in [0.2, 0.25) is 0 Å². The molecule has 1 heterocycles. The molecule has 1 aromatic heterocycles. The molecule has 0 aliphatic rings. The Hall–Kier alpha value is -2.21. The Kier molecular flexibility index (Phi) is 4.63. The average Bonchev–Trinajstić information content (AvgIpc) is 2.96. The van der Waals surface area contributed by atoms with E-state index in [0.717, 1.165) is 18.5 Å². The van der Waals surface area contributed by atoms with Gasteiger partial charge in [0.25, 0.3) is 5.91 Å². The van der Waals surface area contributed by atoms with E-state index in [-0.39, 0.29) is 5.91 Å². The Morgan fingerprint density at radius 1 is 1.32 bits per heavy atom. The van der Waals surface area contributed by atoms with Crippen molar-refractivity contribution in [2.45, 2.75) is 19.5 Å². The van der Waals surface area contributed by atoms with Gasteiger partial charge in [0.15, 0.2) is 0 Å². The number of amides is 1. The van der Waals surface area contributed by atoms with Gasteiger partial charge in [0, 0.05) is 31.4 Å². The van der Waals surface area contributed by atoms with E-state index in [0.29, 0.717) is 18.7 Å². The fraction of sp³-hybridized carbons (Fsp3) is 0.308. The minimum absolute atomic E-state index is 0.0674. The molecule has 1 amide bonds. The minimum atomic E-state index is -0.0674. The highest BCUT2D eigenvalue weighted by atomic mass is 16.1. The third-order valence-corrected chi connectivity index (χ3v) is 2.77. The van der Waals surface area contributed by atoms with E-state index in [2.05, 4.69) is 15.6 Å². The lowest BCUT2D eigenvalue weighted by Crippen LogP contribution is -2.25. The predicted octanol–water partition coefficient (Wildman–Crippen LogP) is 0.557. The topological polar surface area (TPSA) is 85.8 Å². The van der Waals surface area contributed by atoms with Gasteiger partial charge in [-0.1, -0.05) is 17.3 Å². The normalized spacial score (nSPS) is 10.4. The predicted molar refractivity (Wildman–Crippen MR) is 71.3 cm³/mol. The molecule has 0 atom stereocenters. The first kappa shape index (κ1) is 13.2. The Morgan fingerprint density at radius 3 is 2.74 bits per heavy atom. The van der Waals surface area contributed by atoms with Crippen molar-refractivity contribution in [1.29, 1.82) is 0 Å². The summed E-state index contributed by atoms with van der Waals surface area (Å²) in [5, 5.41) is 10.4. The van der Waals surface area contributed by atoms with Crippen LogP contribution in [0, 0.1) is 0 Å². The van der Waals surface area contributed by atoms with Gasteiger partial charge < -0.3 is 11.1 Å². The Bertz CT molecular complexity index is 506. The first-order valence-electron chi connectivity index (χ1n) is 6.21. The van der Waals surface area contributed by atoms with Crippen molar-refractivity contribution in [2.75, 3.05) is 6.54 Å². The SMILES string of the molecule is NCc1ccc(C(=O)NCCCn2ccnn2)cc1. The fourth-order valence-corrected chi connectivity index (χ4v) is 1.69. The van der Waals surface area contributed by atoms with Crippen molar-refractivity contribution in [1.82, 2.24) is 20.3 Å². The number of aryl methyl sites for hydroxylation is 1. The van der Waals surface area contributed by atoms with Crippen LogP contribution >= 0.6 is 0 Å². The molecule has 19 heavy (non-hydrogen) atoms. The quantitative estimate of drug-likeness (QED) is 0.742. The fourth-order valence-electron chi connectivity index (χ4n) is 1.69. The zero-order valence-electron chi connectivity index (χ0n) is 10.6. The molecule has 0 aliphatic heterocycles. The van der Waals surface area contributed by atoms with Gasteiger partial charge in [0.05, 0.1) is 6.20 Å². The van der Waals surface area contributed by atoms with Crippen LogP contribution in [0.2, 0.25) is 0 Å².